The molecule has 1 saturated carbocycles. The fourth-order valence-electron chi connectivity index (χ4n) is 4.63. The summed E-state index contributed by atoms with van der Waals surface area (Å²) < 4.78 is 7.12. The lowest BCUT2D eigenvalue weighted by atomic mass is 9.83. The van der Waals surface area contributed by atoms with Gasteiger partial charge in [-0.15, -0.1) is 0 Å². The third-order valence-electron chi connectivity index (χ3n) is 6.14. The van der Waals surface area contributed by atoms with E-state index in [1.807, 2.05) is 0 Å². The van der Waals surface area contributed by atoms with E-state index in [2.05, 4.69) is 46.5 Å². The third-order valence-corrected chi connectivity index (χ3v) is 6.35. The molecule has 0 radical (unpaired) electrons. The van der Waals surface area contributed by atoms with Crippen LogP contribution < -0.4 is 4.74 Å². The van der Waals surface area contributed by atoms with E-state index < -0.39 is 6.16 Å². The lowest BCUT2D eigenvalue weighted by Gasteiger charge is -2.26. The summed E-state index contributed by atoms with van der Waals surface area (Å²) in [6.45, 7) is 7.52. The summed E-state index contributed by atoms with van der Waals surface area (Å²) >= 11 is 6.22. The van der Waals surface area contributed by atoms with Gasteiger partial charge in [0.2, 0.25) is 0 Å². The third kappa shape index (κ3) is 5.04. The quantitative estimate of drug-likeness (QED) is 0.442. The predicted octanol–water partition coefficient (Wildman–Crippen LogP) is 6.23. The van der Waals surface area contributed by atoms with Crippen LogP contribution in [0.2, 0.25) is 5.02 Å². The Balaban J connectivity index is 1.89. The molecule has 1 N–H and O–H groups in total. The number of carbonyl (C=O) groups is 1. The van der Waals surface area contributed by atoms with Crippen molar-refractivity contribution in [1.29, 1.82) is 0 Å². The van der Waals surface area contributed by atoms with Gasteiger partial charge in [-0.3, -0.25) is 4.98 Å². The second-order valence-corrected chi connectivity index (χ2v) is 9.78. The minimum Gasteiger partial charge on any atom is -0.449 e. The molecule has 0 aromatic carbocycles. The minimum atomic E-state index is -1.44. The molecule has 3 aromatic heterocycles. The van der Waals surface area contributed by atoms with Crippen LogP contribution in [-0.4, -0.2) is 30.8 Å². The Morgan fingerprint density at radius 1 is 1.25 bits per heavy atom. The van der Waals surface area contributed by atoms with Crippen LogP contribution >= 0.6 is 11.6 Å². The van der Waals surface area contributed by atoms with Crippen LogP contribution in [0.15, 0.2) is 24.7 Å². The first-order valence-corrected chi connectivity index (χ1v) is 11.6. The van der Waals surface area contributed by atoms with Crippen LogP contribution in [0.1, 0.15) is 52.0 Å². The smallest absolute Gasteiger partial charge is 0.449 e. The Morgan fingerprint density at radius 3 is 2.66 bits per heavy atom. The fourth-order valence-corrected chi connectivity index (χ4v) is 4.81. The maximum Gasteiger partial charge on any atom is 0.513 e. The first-order valence-electron chi connectivity index (χ1n) is 11.2. The number of hydrogen-bond acceptors (Lipinski definition) is 5. The molecule has 0 amide bonds. The minimum absolute atomic E-state index is 0.186. The molecule has 3 heterocycles. The largest absolute Gasteiger partial charge is 0.513 e. The van der Waals surface area contributed by atoms with Crippen molar-refractivity contribution < 1.29 is 14.6 Å². The molecule has 0 aliphatic heterocycles. The van der Waals surface area contributed by atoms with Crippen molar-refractivity contribution in [1.82, 2.24) is 19.5 Å². The lowest BCUT2D eigenvalue weighted by molar-refractivity contribution is 0.140. The summed E-state index contributed by atoms with van der Waals surface area (Å²) in [6, 6.07) is 1.59. The zero-order valence-electron chi connectivity index (χ0n) is 18.7. The molecule has 1 aliphatic carbocycles. The van der Waals surface area contributed by atoms with Gasteiger partial charge in [0.1, 0.15) is 5.69 Å². The number of rotatable bonds is 6. The Bertz CT molecular complexity index is 1120. The van der Waals surface area contributed by atoms with E-state index in [9.17, 15) is 4.79 Å². The van der Waals surface area contributed by atoms with Crippen molar-refractivity contribution in [2.45, 2.75) is 59.4 Å². The highest BCUT2D eigenvalue weighted by molar-refractivity contribution is 6.30. The van der Waals surface area contributed by atoms with E-state index in [0.717, 1.165) is 35.5 Å². The second-order valence-electron chi connectivity index (χ2n) is 9.34. The van der Waals surface area contributed by atoms with Gasteiger partial charge < -0.3 is 14.4 Å². The lowest BCUT2D eigenvalue weighted by Crippen LogP contribution is -2.17. The van der Waals surface area contributed by atoms with E-state index in [0.29, 0.717) is 28.1 Å². The van der Waals surface area contributed by atoms with Gasteiger partial charge in [-0.2, -0.15) is 9.97 Å². The van der Waals surface area contributed by atoms with Crippen LogP contribution in [0.5, 0.6) is 6.01 Å². The number of fused-ring (bicyclic) bond motifs is 1. The summed E-state index contributed by atoms with van der Waals surface area (Å²) in [5.74, 6) is 1.80. The molecule has 1 aliphatic rings. The summed E-state index contributed by atoms with van der Waals surface area (Å²) in [4.78, 5) is 24.4. The van der Waals surface area contributed by atoms with Gasteiger partial charge in [0.15, 0.2) is 0 Å². The molecule has 8 heteroatoms. The van der Waals surface area contributed by atoms with Crippen LogP contribution in [0, 0.1) is 17.8 Å². The molecule has 0 saturated heterocycles. The second kappa shape index (κ2) is 9.45. The van der Waals surface area contributed by atoms with E-state index >= 15 is 0 Å². The van der Waals surface area contributed by atoms with Gasteiger partial charge in [-0.25, -0.2) is 4.79 Å². The van der Waals surface area contributed by atoms with Crippen LogP contribution in [0.3, 0.4) is 0 Å². The molecule has 32 heavy (non-hydrogen) atoms. The Hall–Kier alpha value is -2.67. The van der Waals surface area contributed by atoms with E-state index in [1.165, 1.54) is 25.7 Å². The highest BCUT2D eigenvalue weighted by Crippen LogP contribution is 2.35. The van der Waals surface area contributed by atoms with Crippen molar-refractivity contribution in [3.63, 3.8) is 0 Å². The van der Waals surface area contributed by atoms with Crippen molar-refractivity contribution in [3.05, 3.63) is 35.2 Å². The number of hydrogen-bond donors (Lipinski definition) is 1. The van der Waals surface area contributed by atoms with Crippen molar-refractivity contribution in [3.8, 4) is 17.3 Å². The van der Waals surface area contributed by atoms with Crippen LogP contribution in [-0.2, 0) is 13.0 Å². The average molecular weight is 457 g/mol. The topological polar surface area (TPSA) is 90.1 Å². The Labute approximate surface area is 192 Å². The normalized spacial score (nSPS) is 18.9. The molecule has 4 rings (SSSR count). The molecular weight excluding hydrogens is 428 g/mol. The highest BCUT2D eigenvalue weighted by Gasteiger charge is 2.24. The standard InChI is InChI=1S/C24H29ClN4O3/c1-14(2)8-18-13-29(12-16-6-4-15(3)5-7-16)22-20(17-9-19(25)11-26-10-17)27-23(28-21(18)22)32-24(30)31/h9-11,13-16H,4-8,12H2,1-3H3,(H,30,31)/t15-,16-. The van der Waals surface area contributed by atoms with Gasteiger partial charge in [-0.1, -0.05) is 45.2 Å². The zero-order valence-corrected chi connectivity index (χ0v) is 19.5. The summed E-state index contributed by atoms with van der Waals surface area (Å²) in [5, 5.41) is 9.64. The van der Waals surface area contributed by atoms with E-state index in [-0.39, 0.29) is 6.01 Å². The molecule has 3 aromatic rings. The maximum atomic E-state index is 11.2. The number of halogens is 1. The SMILES string of the molecule is CC(C)Cc1cn(C[C@H]2CC[C@H](C)CC2)c2c(-c3cncc(Cl)c3)nc(OC(=O)O)nc12. The number of pyridine rings is 1. The molecule has 7 nitrogen and oxygen atoms in total. The monoisotopic (exact) mass is 456 g/mol. The molecule has 170 valence electrons. The summed E-state index contributed by atoms with van der Waals surface area (Å²) in [7, 11) is 0. The van der Waals surface area contributed by atoms with Crippen LogP contribution in [0.4, 0.5) is 4.79 Å². The van der Waals surface area contributed by atoms with Crippen LogP contribution in [0.25, 0.3) is 22.3 Å². The van der Waals surface area contributed by atoms with Crippen molar-refractivity contribution in [2.24, 2.45) is 17.8 Å². The maximum absolute atomic E-state index is 11.2. The van der Waals surface area contributed by atoms with Gasteiger partial charge in [0.05, 0.1) is 16.1 Å². The Kier molecular flexibility index (Phi) is 6.65. The molecule has 0 unspecified atom stereocenters. The van der Waals surface area contributed by atoms with Gasteiger partial charge in [-0.05, 0) is 48.6 Å². The van der Waals surface area contributed by atoms with E-state index in [1.54, 1.807) is 18.5 Å². The van der Waals surface area contributed by atoms with Gasteiger partial charge in [0.25, 0.3) is 0 Å². The highest BCUT2D eigenvalue weighted by atomic mass is 35.5. The van der Waals surface area contributed by atoms with Gasteiger partial charge >= 0.3 is 12.2 Å². The number of aromatic nitrogens is 4. The first kappa shape index (κ1) is 22.5. The predicted molar refractivity (Wildman–Crippen MR) is 124 cm³/mol. The van der Waals surface area contributed by atoms with Crippen molar-refractivity contribution >= 4 is 28.8 Å². The Morgan fingerprint density at radius 2 is 2.00 bits per heavy atom. The number of nitrogens with zero attached hydrogens (tertiary/aromatic N) is 4. The summed E-state index contributed by atoms with van der Waals surface area (Å²) in [5.41, 5.74) is 3.95. The molecular formula is C24H29ClN4O3. The average Bonchev–Trinajstić information content (AvgIpc) is 3.05. The zero-order chi connectivity index (χ0) is 22.8. The summed E-state index contributed by atoms with van der Waals surface area (Å²) in [6.07, 6.45) is 9.68. The number of ether oxygens (including phenoxy) is 1. The van der Waals surface area contributed by atoms with E-state index in [4.69, 9.17) is 21.4 Å². The fraction of sp³-hybridized carbons (Fsp3) is 0.500. The number of carboxylic acid groups (broad SMARTS) is 1. The van der Waals surface area contributed by atoms with Crippen molar-refractivity contribution in [2.75, 3.05) is 0 Å². The molecule has 0 atom stereocenters. The molecule has 1 fully saturated rings. The molecule has 0 bridgehead atoms. The molecule has 0 spiro atoms. The van der Waals surface area contributed by atoms with Gasteiger partial charge in [0, 0.05) is 30.7 Å². The first-order chi connectivity index (χ1) is 15.3.